The van der Waals surface area contributed by atoms with Gasteiger partial charge in [-0.1, -0.05) is 42.5 Å². The highest BCUT2D eigenvalue weighted by Crippen LogP contribution is 2.57. The first-order valence-corrected chi connectivity index (χ1v) is 10.6. The quantitative estimate of drug-likeness (QED) is 0.639. The smallest absolute Gasteiger partial charge is 0.339 e. The zero-order valence-corrected chi connectivity index (χ0v) is 18.2. The SMILES string of the molecule is COc1ccc(C2O[C@@]3(C(=O)O)Cc4ccccc4[C@H]3N2C(=O)c2ccccc2)c(OC)c1. The van der Waals surface area contributed by atoms with Gasteiger partial charge < -0.3 is 19.3 Å². The highest BCUT2D eigenvalue weighted by Gasteiger charge is 2.64. The summed E-state index contributed by atoms with van der Waals surface area (Å²) in [6.45, 7) is 0. The van der Waals surface area contributed by atoms with Gasteiger partial charge in [-0.2, -0.15) is 0 Å². The highest BCUT2D eigenvalue weighted by atomic mass is 16.6. The van der Waals surface area contributed by atoms with E-state index in [1.54, 1.807) is 54.5 Å². The van der Waals surface area contributed by atoms with Gasteiger partial charge in [-0.05, 0) is 35.4 Å². The summed E-state index contributed by atoms with van der Waals surface area (Å²) in [6.07, 6.45) is -0.801. The monoisotopic (exact) mass is 445 g/mol. The molecule has 1 aliphatic carbocycles. The van der Waals surface area contributed by atoms with Crippen LogP contribution in [-0.4, -0.2) is 41.7 Å². The Morgan fingerprint density at radius 2 is 1.70 bits per heavy atom. The molecule has 2 aliphatic rings. The third kappa shape index (κ3) is 3.15. The number of hydrogen-bond donors (Lipinski definition) is 1. The molecule has 1 aliphatic heterocycles. The lowest BCUT2D eigenvalue weighted by Gasteiger charge is -2.30. The number of carboxylic acid groups (broad SMARTS) is 1. The molecule has 0 saturated carbocycles. The van der Waals surface area contributed by atoms with Gasteiger partial charge >= 0.3 is 5.97 Å². The van der Waals surface area contributed by atoms with Crippen molar-refractivity contribution in [3.8, 4) is 11.5 Å². The first-order chi connectivity index (χ1) is 16.0. The van der Waals surface area contributed by atoms with Crippen LogP contribution < -0.4 is 9.47 Å². The van der Waals surface area contributed by atoms with Crippen LogP contribution in [0.15, 0.2) is 72.8 Å². The number of nitrogens with zero attached hydrogens (tertiary/aromatic N) is 1. The topological polar surface area (TPSA) is 85.3 Å². The Balaban J connectivity index is 1.71. The Bertz CT molecular complexity index is 1230. The van der Waals surface area contributed by atoms with Gasteiger partial charge in [0.25, 0.3) is 5.91 Å². The van der Waals surface area contributed by atoms with E-state index in [0.29, 0.717) is 22.6 Å². The van der Waals surface area contributed by atoms with Crippen molar-refractivity contribution in [1.29, 1.82) is 0 Å². The number of methoxy groups -OCH3 is 2. The fourth-order valence-corrected chi connectivity index (χ4v) is 4.90. The summed E-state index contributed by atoms with van der Waals surface area (Å²) < 4.78 is 17.2. The highest BCUT2D eigenvalue weighted by molar-refractivity contribution is 5.96. The zero-order chi connectivity index (χ0) is 23.2. The van der Waals surface area contributed by atoms with E-state index in [2.05, 4.69) is 0 Å². The molecule has 168 valence electrons. The van der Waals surface area contributed by atoms with E-state index in [0.717, 1.165) is 11.1 Å². The van der Waals surface area contributed by atoms with Crippen molar-refractivity contribution in [2.75, 3.05) is 14.2 Å². The Morgan fingerprint density at radius 1 is 0.970 bits per heavy atom. The van der Waals surface area contributed by atoms with Crippen molar-refractivity contribution in [3.05, 3.63) is 95.1 Å². The predicted molar refractivity (Wildman–Crippen MR) is 119 cm³/mol. The van der Waals surface area contributed by atoms with E-state index in [9.17, 15) is 14.7 Å². The number of fused-ring (bicyclic) bond motifs is 3. The minimum Gasteiger partial charge on any atom is -0.497 e. The fraction of sp³-hybridized carbons (Fsp3) is 0.231. The molecule has 3 atom stereocenters. The molecule has 5 rings (SSSR count). The van der Waals surface area contributed by atoms with Gasteiger partial charge in [0, 0.05) is 23.6 Å². The molecule has 1 N–H and O–H groups in total. The van der Waals surface area contributed by atoms with E-state index < -0.39 is 23.8 Å². The van der Waals surface area contributed by atoms with Crippen LogP contribution in [0.1, 0.15) is 39.3 Å². The second-order valence-corrected chi connectivity index (χ2v) is 8.13. The average Bonchev–Trinajstić information content (AvgIpc) is 3.36. The average molecular weight is 445 g/mol. The predicted octanol–water partition coefficient (Wildman–Crippen LogP) is 4.00. The Kier molecular flexibility index (Phi) is 5.06. The van der Waals surface area contributed by atoms with E-state index in [4.69, 9.17) is 14.2 Å². The summed E-state index contributed by atoms with van der Waals surface area (Å²) in [5, 5.41) is 10.4. The molecule has 0 spiro atoms. The first kappa shape index (κ1) is 21.0. The maximum Gasteiger partial charge on any atom is 0.339 e. The van der Waals surface area contributed by atoms with Crippen LogP contribution >= 0.6 is 0 Å². The van der Waals surface area contributed by atoms with Crippen molar-refractivity contribution in [2.24, 2.45) is 0 Å². The summed E-state index contributed by atoms with van der Waals surface area (Å²) in [6, 6.07) is 20.7. The van der Waals surface area contributed by atoms with Gasteiger partial charge in [-0.3, -0.25) is 9.69 Å². The summed E-state index contributed by atoms with van der Waals surface area (Å²) >= 11 is 0. The number of carbonyl (C=O) groups excluding carboxylic acids is 1. The fourth-order valence-electron chi connectivity index (χ4n) is 4.90. The zero-order valence-electron chi connectivity index (χ0n) is 18.2. The van der Waals surface area contributed by atoms with Crippen LogP contribution in [-0.2, 0) is 16.0 Å². The van der Waals surface area contributed by atoms with Crippen molar-refractivity contribution < 1.29 is 28.9 Å². The minimum atomic E-state index is -1.61. The maximum absolute atomic E-state index is 13.9. The molecule has 1 fully saturated rings. The van der Waals surface area contributed by atoms with Gasteiger partial charge in [0.2, 0.25) is 0 Å². The number of carbonyl (C=O) groups is 2. The van der Waals surface area contributed by atoms with E-state index in [-0.39, 0.29) is 12.3 Å². The van der Waals surface area contributed by atoms with Crippen LogP contribution in [0, 0.1) is 0 Å². The van der Waals surface area contributed by atoms with Crippen molar-refractivity contribution >= 4 is 11.9 Å². The second kappa shape index (κ2) is 7.94. The Hall–Kier alpha value is -3.84. The third-order valence-electron chi connectivity index (χ3n) is 6.42. The molecule has 33 heavy (non-hydrogen) atoms. The van der Waals surface area contributed by atoms with E-state index in [1.165, 1.54) is 7.11 Å². The molecule has 1 saturated heterocycles. The molecule has 7 nitrogen and oxygen atoms in total. The van der Waals surface area contributed by atoms with Crippen LogP contribution in [0.5, 0.6) is 11.5 Å². The molecule has 7 heteroatoms. The van der Waals surface area contributed by atoms with Crippen LogP contribution in [0.4, 0.5) is 0 Å². The van der Waals surface area contributed by atoms with Gasteiger partial charge in [-0.15, -0.1) is 0 Å². The third-order valence-corrected chi connectivity index (χ3v) is 6.42. The molecule has 0 bridgehead atoms. The number of hydrogen-bond acceptors (Lipinski definition) is 5. The van der Waals surface area contributed by atoms with Gasteiger partial charge in [-0.25, -0.2) is 4.79 Å². The van der Waals surface area contributed by atoms with Crippen molar-refractivity contribution in [2.45, 2.75) is 24.3 Å². The number of amides is 1. The summed E-state index contributed by atoms with van der Waals surface area (Å²) in [5.74, 6) is -0.403. The lowest BCUT2D eigenvalue weighted by atomic mass is 9.94. The second-order valence-electron chi connectivity index (χ2n) is 8.13. The van der Waals surface area contributed by atoms with Crippen molar-refractivity contribution in [3.63, 3.8) is 0 Å². The Morgan fingerprint density at radius 3 is 2.39 bits per heavy atom. The molecule has 3 aromatic carbocycles. The number of rotatable bonds is 5. The number of carboxylic acids is 1. The molecule has 1 heterocycles. The van der Waals surface area contributed by atoms with Gasteiger partial charge in [0.15, 0.2) is 11.8 Å². The maximum atomic E-state index is 13.9. The lowest BCUT2D eigenvalue weighted by Crippen LogP contribution is -2.44. The minimum absolute atomic E-state index is 0.163. The summed E-state index contributed by atoms with van der Waals surface area (Å²) in [5.41, 5.74) is 1.03. The van der Waals surface area contributed by atoms with Gasteiger partial charge in [0.05, 0.1) is 14.2 Å². The van der Waals surface area contributed by atoms with Crippen LogP contribution in [0.25, 0.3) is 0 Å². The van der Waals surface area contributed by atoms with E-state index in [1.807, 2.05) is 30.3 Å². The molecular formula is C26H23NO6. The molecule has 3 aromatic rings. The molecule has 0 radical (unpaired) electrons. The van der Waals surface area contributed by atoms with Crippen LogP contribution in [0.2, 0.25) is 0 Å². The first-order valence-electron chi connectivity index (χ1n) is 10.6. The summed E-state index contributed by atoms with van der Waals surface area (Å²) in [4.78, 5) is 28.1. The van der Waals surface area contributed by atoms with Crippen molar-refractivity contribution in [1.82, 2.24) is 4.90 Å². The Labute approximate surface area is 191 Å². The normalized spacial score (nSPS) is 23.0. The molecular weight excluding hydrogens is 422 g/mol. The standard InChI is InChI=1S/C26H23NO6/c1-31-18-12-13-20(21(14-18)32-2)24-27(23(28)16-8-4-3-5-9-16)22-19-11-7-6-10-17(19)15-26(22,33-24)25(29)30/h3-14,22,24H,15H2,1-2H3,(H,29,30)/t22-,24?,26+/m1/s1. The lowest BCUT2D eigenvalue weighted by molar-refractivity contribution is -0.165. The number of aliphatic carboxylic acids is 1. The number of benzene rings is 3. The van der Waals surface area contributed by atoms with Gasteiger partial charge in [0.1, 0.15) is 17.5 Å². The molecule has 1 unspecified atom stereocenters. The number of ether oxygens (including phenoxy) is 3. The summed E-state index contributed by atoms with van der Waals surface area (Å²) in [7, 11) is 3.06. The van der Waals surface area contributed by atoms with E-state index >= 15 is 0 Å². The molecule has 0 aromatic heterocycles. The van der Waals surface area contributed by atoms with Crippen LogP contribution in [0.3, 0.4) is 0 Å². The largest absolute Gasteiger partial charge is 0.497 e. The molecule has 1 amide bonds.